The highest BCUT2D eigenvalue weighted by molar-refractivity contribution is 6.31. The fourth-order valence-electron chi connectivity index (χ4n) is 1.73. The fraction of sp³-hybridized carbons (Fsp3) is 0.214. The minimum atomic E-state index is -0.714. The number of rotatable bonds is 4. The number of anilines is 1. The topological polar surface area (TPSA) is 64.0 Å². The lowest BCUT2D eigenvalue weighted by Gasteiger charge is -2.08. The van der Waals surface area contributed by atoms with Crippen LogP contribution >= 0.6 is 11.6 Å². The number of benzene rings is 1. The minimum Gasteiger partial charge on any atom is -0.318 e. The van der Waals surface area contributed by atoms with Gasteiger partial charge in [-0.25, -0.2) is 9.07 Å². The first-order valence-corrected chi connectivity index (χ1v) is 6.74. The third-order valence-corrected chi connectivity index (χ3v) is 3.03. The summed E-state index contributed by atoms with van der Waals surface area (Å²) in [5, 5.41) is 6.24. The van der Waals surface area contributed by atoms with Gasteiger partial charge in [0.2, 0.25) is 0 Å². The van der Waals surface area contributed by atoms with Gasteiger partial charge in [0.05, 0.1) is 10.7 Å². The van der Waals surface area contributed by atoms with Gasteiger partial charge in [-0.2, -0.15) is 5.10 Å². The number of carbonyl (C=O) groups excluding carboxylic acids is 1. The van der Waals surface area contributed by atoms with Crippen LogP contribution in [0.25, 0.3) is 0 Å². The molecule has 0 aliphatic rings. The molecule has 5 nitrogen and oxygen atoms in total. The van der Waals surface area contributed by atoms with E-state index in [0.29, 0.717) is 13.0 Å². The van der Waals surface area contributed by atoms with E-state index in [1.54, 1.807) is 0 Å². The van der Waals surface area contributed by atoms with E-state index in [0.717, 1.165) is 0 Å². The molecule has 7 heteroatoms. The Hall–Kier alpha value is -2.21. The van der Waals surface area contributed by atoms with Crippen LogP contribution in [0.4, 0.5) is 10.1 Å². The van der Waals surface area contributed by atoms with Gasteiger partial charge in [-0.3, -0.25) is 9.59 Å². The van der Waals surface area contributed by atoms with Crippen molar-refractivity contribution >= 4 is 23.2 Å². The Labute approximate surface area is 125 Å². The molecule has 1 aromatic heterocycles. The molecule has 0 saturated heterocycles. The molecule has 0 unspecified atom stereocenters. The standard InChI is InChI=1S/C14H13ClFN3O2/c1-2-8-19-12(20)7-6-11(18-19)14(21)17-10-5-3-4-9(15)13(10)16/h3-7H,2,8H2,1H3,(H,17,21). The first kappa shape index (κ1) is 15.2. The van der Waals surface area contributed by atoms with Crippen LogP contribution in [0.1, 0.15) is 23.8 Å². The van der Waals surface area contributed by atoms with Crippen LogP contribution < -0.4 is 10.9 Å². The van der Waals surface area contributed by atoms with Crippen molar-refractivity contribution in [3.8, 4) is 0 Å². The fourth-order valence-corrected chi connectivity index (χ4v) is 1.90. The summed E-state index contributed by atoms with van der Waals surface area (Å²) in [7, 11) is 0. The number of nitrogens with one attached hydrogen (secondary N) is 1. The van der Waals surface area contributed by atoms with Gasteiger partial charge in [0.15, 0.2) is 5.82 Å². The second kappa shape index (κ2) is 6.49. The third-order valence-electron chi connectivity index (χ3n) is 2.73. The van der Waals surface area contributed by atoms with Crippen molar-refractivity contribution in [2.75, 3.05) is 5.32 Å². The van der Waals surface area contributed by atoms with E-state index in [4.69, 9.17) is 11.6 Å². The molecule has 0 aliphatic carbocycles. The van der Waals surface area contributed by atoms with Crippen molar-refractivity contribution in [3.63, 3.8) is 0 Å². The summed E-state index contributed by atoms with van der Waals surface area (Å²) in [5.41, 5.74) is -0.299. The highest BCUT2D eigenvalue weighted by Gasteiger charge is 2.13. The van der Waals surface area contributed by atoms with Gasteiger partial charge in [0.25, 0.3) is 11.5 Å². The molecule has 0 spiro atoms. The maximum absolute atomic E-state index is 13.7. The number of aromatic nitrogens is 2. The summed E-state index contributed by atoms with van der Waals surface area (Å²) in [6.45, 7) is 2.30. The predicted octanol–water partition coefficient (Wildman–Crippen LogP) is 2.70. The lowest BCUT2D eigenvalue weighted by Crippen LogP contribution is -2.26. The Kier molecular flexibility index (Phi) is 4.70. The summed E-state index contributed by atoms with van der Waals surface area (Å²) in [6, 6.07) is 6.85. The quantitative estimate of drug-likeness (QED) is 0.944. The lowest BCUT2D eigenvalue weighted by molar-refractivity contribution is 0.101. The first-order chi connectivity index (χ1) is 10.0. The van der Waals surface area contributed by atoms with Gasteiger partial charge in [0.1, 0.15) is 5.69 Å². The number of amides is 1. The second-order valence-electron chi connectivity index (χ2n) is 4.34. The number of hydrogen-bond donors (Lipinski definition) is 1. The lowest BCUT2D eigenvalue weighted by atomic mass is 10.3. The van der Waals surface area contributed by atoms with Gasteiger partial charge in [-0.05, 0) is 24.6 Å². The van der Waals surface area contributed by atoms with Gasteiger partial charge >= 0.3 is 0 Å². The van der Waals surface area contributed by atoms with Crippen molar-refractivity contribution < 1.29 is 9.18 Å². The van der Waals surface area contributed by atoms with Crippen LogP contribution in [0.5, 0.6) is 0 Å². The molecule has 0 atom stereocenters. The molecular formula is C14H13ClFN3O2. The van der Waals surface area contributed by atoms with Crippen LogP contribution in [-0.2, 0) is 6.54 Å². The van der Waals surface area contributed by atoms with E-state index in [1.165, 1.54) is 35.0 Å². The Morgan fingerprint density at radius 2 is 2.14 bits per heavy atom. The Morgan fingerprint density at radius 1 is 1.38 bits per heavy atom. The Balaban J connectivity index is 2.26. The predicted molar refractivity (Wildman–Crippen MR) is 78.2 cm³/mol. The SMILES string of the molecule is CCCn1nc(C(=O)Nc2cccc(Cl)c2F)ccc1=O. The molecule has 2 rings (SSSR count). The van der Waals surface area contributed by atoms with Crippen LogP contribution in [0.3, 0.4) is 0 Å². The summed E-state index contributed by atoms with van der Waals surface area (Å²) >= 11 is 5.64. The second-order valence-corrected chi connectivity index (χ2v) is 4.74. The van der Waals surface area contributed by atoms with E-state index in [2.05, 4.69) is 10.4 Å². The molecule has 2 aromatic rings. The van der Waals surface area contributed by atoms with Gasteiger partial charge in [-0.15, -0.1) is 0 Å². The average molecular weight is 310 g/mol. The normalized spacial score (nSPS) is 10.4. The van der Waals surface area contributed by atoms with Crippen LogP contribution in [-0.4, -0.2) is 15.7 Å². The Morgan fingerprint density at radius 3 is 2.86 bits per heavy atom. The molecule has 1 N–H and O–H groups in total. The zero-order chi connectivity index (χ0) is 15.4. The molecular weight excluding hydrogens is 297 g/mol. The molecule has 0 fully saturated rings. The van der Waals surface area contributed by atoms with E-state index in [-0.39, 0.29) is 22.0 Å². The number of carbonyl (C=O) groups is 1. The highest BCUT2D eigenvalue weighted by Crippen LogP contribution is 2.22. The van der Waals surface area contributed by atoms with Gasteiger partial charge in [-0.1, -0.05) is 24.6 Å². The summed E-state index contributed by atoms with van der Waals surface area (Å²) < 4.78 is 14.9. The molecule has 110 valence electrons. The molecule has 0 saturated carbocycles. The number of halogens is 2. The summed E-state index contributed by atoms with van der Waals surface area (Å²) in [4.78, 5) is 23.6. The smallest absolute Gasteiger partial charge is 0.276 e. The molecule has 1 amide bonds. The Bertz CT molecular complexity index is 730. The maximum Gasteiger partial charge on any atom is 0.276 e. The monoisotopic (exact) mass is 309 g/mol. The zero-order valence-electron chi connectivity index (χ0n) is 11.3. The largest absolute Gasteiger partial charge is 0.318 e. The minimum absolute atomic E-state index is 0.0300. The molecule has 21 heavy (non-hydrogen) atoms. The number of nitrogens with zero attached hydrogens (tertiary/aromatic N) is 2. The first-order valence-electron chi connectivity index (χ1n) is 6.36. The van der Waals surface area contributed by atoms with Gasteiger partial charge in [0, 0.05) is 12.6 Å². The van der Waals surface area contributed by atoms with Crippen molar-refractivity contribution in [1.29, 1.82) is 0 Å². The third kappa shape index (κ3) is 3.46. The summed E-state index contributed by atoms with van der Waals surface area (Å²) in [5.74, 6) is -1.32. The maximum atomic E-state index is 13.7. The van der Waals surface area contributed by atoms with E-state index in [1.807, 2.05) is 6.92 Å². The zero-order valence-corrected chi connectivity index (χ0v) is 12.0. The summed E-state index contributed by atoms with van der Waals surface area (Å²) in [6.07, 6.45) is 0.709. The number of aryl methyl sites for hydroxylation is 1. The average Bonchev–Trinajstić information content (AvgIpc) is 2.46. The van der Waals surface area contributed by atoms with Crippen molar-refractivity contribution in [2.45, 2.75) is 19.9 Å². The number of hydrogen-bond acceptors (Lipinski definition) is 3. The van der Waals surface area contributed by atoms with Crippen LogP contribution in [0.2, 0.25) is 5.02 Å². The molecule has 1 heterocycles. The molecule has 0 aliphatic heterocycles. The van der Waals surface area contributed by atoms with E-state index >= 15 is 0 Å². The van der Waals surface area contributed by atoms with E-state index in [9.17, 15) is 14.0 Å². The van der Waals surface area contributed by atoms with Crippen LogP contribution in [0, 0.1) is 5.82 Å². The van der Waals surface area contributed by atoms with E-state index < -0.39 is 11.7 Å². The molecule has 0 bridgehead atoms. The van der Waals surface area contributed by atoms with Crippen molar-refractivity contribution in [2.24, 2.45) is 0 Å². The van der Waals surface area contributed by atoms with Crippen molar-refractivity contribution in [1.82, 2.24) is 9.78 Å². The molecule has 1 aromatic carbocycles. The van der Waals surface area contributed by atoms with Crippen molar-refractivity contribution in [3.05, 3.63) is 57.2 Å². The molecule has 0 radical (unpaired) electrons. The van der Waals surface area contributed by atoms with Crippen LogP contribution in [0.15, 0.2) is 35.1 Å². The van der Waals surface area contributed by atoms with Gasteiger partial charge < -0.3 is 5.32 Å². The highest BCUT2D eigenvalue weighted by atomic mass is 35.5.